The maximum absolute atomic E-state index is 10.9. The Kier molecular flexibility index (Phi) is 4.04. The molecule has 1 nitrogen and oxygen atoms in total. The van der Waals surface area contributed by atoms with Crippen LogP contribution in [0.1, 0.15) is 57.9 Å². The van der Waals surface area contributed by atoms with Gasteiger partial charge in [0.25, 0.3) is 0 Å². The number of ketones is 1. The molecule has 0 saturated heterocycles. The molecule has 1 heteroatoms. The summed E-state index contributed by atoms with van der Waals surface area (Å²) in [5.41, 5.74) is 2.88. The number of carbonyl (C=O) groups excluding carboxylic acids is 1. The van der Waals surface area contributed by atoms with Crippen molar-refractivity contribution in [2.75, 3.05) is 0 Å². The van der Waals surface area contributed by atoms with Crippen LogP contribution in [0.25, 0.3) is 0 Å². The minimum atomic E-state index is -2.19. The van der Waals surface area contributed by atoms with Crippen LogP contribution in [0, 0.1) is 5.41 Å². The summed E-state index contributed by atoms with van der Waals surface area (Å²) in [5.74, 6) is -0.0999. The molecule has 0 bridgehead atoms. The molecule has 0 unspecified atom stereocenters. The third-order valence-electron chi connectivity index (χ3n) is 3.58. The van der Waals surface area contributed by atoms with Gasteiger partial charge < -0.3 is 0 Å². The van der Waals surface area contributed by atoms with Gasteiger partial charge >= 0.3 is 0 Å². The van der Waals surface area contributed by atoms with Crippen LogP contribution in [-0.2, 0) is 4.79 Å². The minimum Gasteiger partial charge on any atom is -0.295 e. The molecule has 0 aliphatic heterocycles. The molecule has 0 atom stereocenters. The normalized spacial score (nSPS) is 23.6. The molecule has 0 amide bonds. The van der Waals surface area contributed by atoms with E-state index in [9.17, 15) is 4.79 Å². The third-order valence-corrected chi connectivity index (χ3v) is 3.58. The Morgan fingerprint density at radius 2 is 2.11 bits per heavy atom. The van der Waals surface area contributed by atoms with Crippen molar-refractivity contribution in [3.8, 4) is 0 Å². The van der Waals surface area contributed by atoms with E-state index in [0.717, 1.165) is 12.8 Å². The third kappa shape index (κ3) is 5.02. The molecule has 1 rings (SSSR count). The summed E-state index contributed by atoms with van der Waals surface area (Å²) < 4.78 is 22.9. The molecular weight excluding hydrogens is 232 g/mol. The highest BCUT2D eigenvalue weighted by Gasteiger charge is 2.26. The van der Waals surface area contributed by atoms with Gasteiger partial charge in [-0.15, -0.1) is 0 Å². The summed E-state index contributed by atoms with van der Waals surface area (Å²) in [5, 5.41) is 0. The molecule has 0 heterocycles. The molecule has 0 aromatic carbocycles. The van der Waals surface area contributed by atoms with Gasteiger partial charge in [-0.05, 0) is 57.0 Å². The highest BCUT2D eigenvalue weighted by atomic mass is 16.1. The van der Waals surface area contributed by atoms with Crippen LogP contribution >= 0.6 is 0 Å². The van der Waals surface area contributed by atoms with Crippen molar-refractivity contribution < 1.29 is 8.91 Å². The predicted octanol–water partition coefficient (Wildman–Crippen LogP) is 5.16. The van der Waals surface area contributed by atoms with E-state index in [-0.39, 0.29) is 16.8 Å². The average Bonchev–Trinajstić information content (AvgIpc) is 2.33. The lowest BCUT2D eigenvalue weighted by Crippen LogP contribution is -2.19. The zero-order valence-electron chi connectivity index (χ0n) is 15.4. The Hall–Kier alpha value is -1.37. The summed E-state index contributed by atoms with van der Waals surface area (Å²) in [6, 6.07) is 0. The van der Waals surface area contributed by atoms with Gasteiger partial charge in [-0.25, -0.2) is 0 Å². The molecule has 104 valence electrons. The zero-order valence-corrected chi connectivity index (χ0v) is 12.4. The Morgan fingerprint density at radius 3 is 2.68 bits per heavy atom. The van der Waals surface area contributed by atoms with Gasteiger partial charge in [-0.3, -0.25) is 4.79 Å². The molecule has 0 N–H and O–H groups in total. The molecule has 0 fully saturated rings. The van der Waals surface area contributed by atoms with Crippen LogP contribution in [0.3, 0.4) is 0 Å². The second-order valence-electron chi connectivity index (χ2n) is 5.86. The van der Waals surface area contributed by atoms with Crippen LogP contribution in [0.2, 0.25) is 0 Å². The summed E-state index contributed by atoms with van der Waals surface area (Å²) in [6.07, 6.45) is 11.3. The number of rotatable bonds is 4. The van der Waals surface area contributed by atoms with Crippen molar-refractivity contribution in [2.45, 2.75) is 53.8 Å². The van der Waals surface area contributed by atoms with Gasteiger partial charge in [-0.1, -0.05) is 49.3 Å². The molecule has 0 spiro atoms. The number of hydrogen-bond donors (Lipinski definition) is 0. The van der Waals surface area contributed by atoms with Crippen molar-refractivity contribution in [3.63, 3.8) is 0 Å². The Labute approximate surface area is 122 Å². The van der Waals surface area contributed by atoms with Crippen molar-refractivity contribution in [1.29, 1.82) is 0 Å². The molecular formula is C18H26O. The fourth-order valence-electron chi connectivity index (χ4n) is 2.53. The second-order valence-corrected chi connectivity index (χ2v) is 5.86. The van der Waals surface area contributed by atoms with Crippen molar-refractivity contribution in [3.05, 3.63) is 47.1 Å². The topological polar surface area (TPSA) is 17.1 Å². The van der Waals surface area contributed by atoms with Crippen LogP contribution in [0.4, 0.5) is 0 Å². The van der Waals surface area contributed by atoms with Crippen LogP contribution < -0.4 is 0 Å². The average molecular weight is 261 g/mol. The molecule has 0 aromatic heterocycles. The van der Waals surface area contributed by atoms with E-state index in [1.165, 1.54) is 42.7 Å². The smallest absolute Gasteiger partial charge is 0.152 e. The summed E-state index contributed by atoms with van der Waals surface area (Å²) in [4.78, 5) is 10.9. The SMILES string of the molecule is [2H]C([2H])([2H])C(/C=C/C1=C(C)CCCC1(C)C)=C\C=C\C(C)=O. The van der Waals surface area contributed by atoms with Gasteiger partial charge in [0, 0.05) is 4.11 Å². The maximum Gasteiger partial charge on any atom is 0.152 e. The van der Waals surface area contributed by atoms with E-state index in [2.05, 4.69) is 20.8 Å². The first kappa shape index (κ1) is 11.5. The first-order valence-electron chi connectivity index (χ1n) is 8.32. The zero-order chi connectivity index (χ0) is 17.0. The van der Waals surface area contributed by atoms with E-state index in [4.69, 9.17) is 4.11 Å². The predicted molar refractivity (Wildman–Crippen MR) is 83.1 cm³/mol. The Balaban J connectivity index is 3.11. The lowest BCUT2D eigenvalue weighted by atomic mass is 9.72. The first-order chi connectivity index (χ1) is 10.0. The highest BCUT2D eigenvalue weighted by Crippen LogP contribution is 2.40. The molecule has 0 saturated carbocycles. The lowest BCUT2D eigenvalue weighted by molar-refractivity contribution is -0.112. The quantitative estimate of drug-likeness (QED) is 0.504. The molecule has 0 radical (unpaired) electrons. The van der Waals surface area contributed by atoms with Crippen LogP contribution in [-0.4, -0.2) is 5.78 Å². The largest absolute Gasteiger partial charge is 0.295 e. The molecule has 0 aromatic rings. The van der Waals surface area contributed by atoms with Crippen LogP contribution in [0.15, 0.2) is 47.1 Å². The number of carbonyl (C=O) groups is 1. The van der Waals surface area contributed by atoms with E-state index < -0.39 is 6.85 Å². The fourth-order valence-corrected chi connectivity index (χ4v) is 2.53. The summed E-state index contributed by atoms with van der Waals surface area (Å²) in [7, 11) is 0. The maximum atomic E-state index is 10.9. The van der Waals surface area contributed by atoms with E-state index >= 15 is 0 Å². The second kappa shape index (κ2) is 6.70. The number of allylic oxidation sites excluding steroid dienone is 8. The molecule has 1 aliphatic rings. The summed E-state index contributed by atoms with van der Waals surface area (Å²) >= 11 is 0. The summed E-state index contributed by atoms with van der Waals surface area (Å²) in [6.45, 7) is 5.77. The standard InChI is InChI=1S/C18H26O/c1-14(8-6-10-16(3)19)11-12-17-15(2)9-7-13-18(17,4)5/h6,8,10-12H,7,9,13H2,1-5H3/b10-6+,12-11+,14-8+/i1D3. The van der Waals surface area contributed by atoms with Crippen molar-refractivity contribution in [2.24, 2.45) is 5.41 Å². The van der Waals surface area contributed by atoms with Crippen LogP contribution in [0.5, 0.6) is 0 Å². The Morgan fingerprint density at radius 1 is 1.37 bits per heavy atom. The van der Waals surface area contributed by atoms with Gasteiger partial charge in [-0.2, -0.15) is 0 Å². The van der Waals surface area contributed by atoms with E-state index in [1.807, 2.05) is 6.08 Å². The van der Waals surface area contributed by atoms with Crippen molar-refractivity contribution in [1.82, 2.24) is 0 Å². The molecule has 1 aliphatic carbocycles. The Bertz CT molecular complexity index is 543. The van der Waals surface area contributed by atoms with Gasteiger partial charge in [0.05, 0.1) is 0 Å². The van der Waals surface area contributed by atoms with Gasteiger partial charge in [0.1, 0.15) is 0 Å². The van der Waals surface area contributed by atoms with Gasteiger partial charge in [0.15, 0.2) is 5.78 Å². The van der Waals surface area contributed by atoms with E-state index in [0.29, 0.717) is 0 Å². The lowest BCUT2D eigenvalue weighted by Gasteiger charge is -2.32. The van der Waals surface area contributed by atoms with E-state index in [1.54, 1.807) is 6.08 Å². The highest BCUT2D eigenvalue weighted by molar-refractivity contribution is 5.87. The monoisotopic (exact) mass is 261 g/mol. The fraction of sp³-hybridized carbons (Fsp3) is 0.500. The molecule has 19 heavy (non-hydrogen) atoms. The number of hydrogen-bond acceptors (Lipinski definition) is 1. The van der Waals surface area contributed by atoms with Gasteiger partial charge in [0.2, 0.25) is 0 Å². The minimum absolute atomic E-state index is 0.0773. The first-order valence-corrected chi connectivity index (χ1v) is 6.82. The van der Waals surface area contributed by atoms with Crippen molar-refractivity contribution >= 4 is 5.78 Å².